The fourth-order valence-corrected chi connectivity index (χ4v) is 3.78. The zero-order valence-electron chi connectivity index (χ0n) is 13.0. The van der Waals surface area contributed by atoms with Crippen molar-refractivity contribution in [2.45, 2.75) is 70.1 Å². The van der Waals surface area contributed by atoms with E-state index in [2.05, 4.69) is 31.0 Å². The maximum Gasteiger partial charge on any atom is 0.237 e. The van der Waals surface area contributed by atoms with Gasteiger partial charge in [-0.2, -0.15) is 0 Å². The van der Waals surface area contributed by atoms with E-state index in [0.29, 0.717) is 12.1 Å². The van der Waals surface area contributed by atoms with Crippen LogP contribution in [0.1, 0.15) is 46.5 Å². The van der Waals surface area contributed by atoms with Gasteiger partial charge in [-0.25, -0.2) is 0 Å². The van der Waals surface area contributed by atoms with Crippen LogP contribution in [0.4, 0.5) is 0 Å². The van der Waals surface area contributed by atoms with Gasteiger partial charge in [0.1, 0.15) is 0 Å². The third kappa shape index (κ3) is 3.15. The molecule has 1 aliphatic heterocycles. The van der Waals surface area contributed by atoms with Crippen molar-refractivity contribution in [3.8, 4) is 0 Å². The summed E-state index contributed by atoms with van der Waals surface area (Å²) in [5.41, 5.74) is 5.18. The van der Waals surface area contributed by atoms with Gasteiger partial charge in [0.2, 0.25) is 5.91 Å². The first-order chi connectivity index (χ1) is 9.48. The van der Waals surface area contributed by atoms with Gasteiger partial charge in [0.15, 0.2) is 0 Å². The molecule has 5 nitrogen and oxygen atoms in total. The zero-order valence-corrected chi connectivity index (χ0v) is 13.0. The standard InChI is InChI=1S/C15H29N3O2/c1-4-12-10-20-8-7-18(12)13-5-6-15(9-13,14(16)19)17-11(2)3/h11-13,17H,4-10H2,1-3H3,(H2,16,19). The lowest BCUT2D eigenvalue weighted by molar-refractivity contribution is -0.124. The maximum absolute atomic E-state index is 12.0. The van der Waals surface area contributed by atoms with Crippen LogP contribution in [0.3, 0.4) is 0 Å². The number of carbonyl (C=O) groups is 1. The normalized spacial score (nSPS) is 35.6. The Balaban J connectivity index is 2.07. The molecular formula is C15H29N3O2. The van der Waals surface area contributed by atoms with Crippen molar-refractivity contribution < 1.29 is 9.53 Å². The molecular weight excluding hydrogens is 254 g/mol. The molecule has 2 rings (SSSR count). The Bertz CT molecular complexity index is 348. The molecule has 0 radical (unpaired) electrons. The number of hydrogen-bond acceptors (Lipinski definition) is 4. The Labute approximate surface area is 122 Å². The van der Waals surface area contributed by atoms with Gasteiger partial charge in [0.25, 0.3) is 0 Å². The van der Waals surface area contributed by atoms with Crippen LogP contribution in [0.15, 0.2) is 0 Å². The number of rotatable bonds is 5. The van der Waals surface area contributed by atoms with E-state index in [1.165, 1.54) is 0 Å². The fraction of sp³-hybridized carbons (Fsp3) is 0.933. The van der Waals surface area contributed by atoms with Gasteiger partial charge in [0, 0.05) is 24.7 Å². The number of carbonyl (C=O) groups excluding carboxylic acids is 1. The fourth-order valence-electron chi connectivity index (χ4n) is 3.78. The summed E-state index contributed by atoms with van der Waals surface area (Å²) in [6, 6.07) is 1.20. The molecule has 116 valence electrons. The highest BCUT2D eigenvalue weighted by Gasteiger charge is 2.47. The third-order valence-corrected chi connectivity index (χ3v) is 4.74. The smallest absolute Gasteiger partial charge is 0.237 e. The lowest BCUT2D eigenvalue weighted by atomic mass is 9.94. The lowest BCUT2D eigenvalue weighted by Gasteiger charge is -2.40. The van der Waals surface area contributed by atoms with E-state index in [1.54, 1.807) is 0 Å². The van der Waals surface area contributed by atoms with E-state index in [-0.39, 0.29) is 11.9 Å². The summed E-state index contributed by atoms with van der Waals surface area (Å²) in [7, 11) is 0. The molecule has 0 aromatic carbocycles. The molecule has 2 aliphatic rings. The number of ether oxygens (including phenoxy) is 1. The molecule has 0 spiro atoms. The van der Waals surface area contributed by atoms with E-state index in [1.807, 2.05) is 0 Å². The summed E-state index contributed by atoms with van der Waals surface area (Å²) < 4.78 is 5.58. The third-order valence-electron chi connectivity index (χ3n) is 4.74. The second kappa shape index (κ2) is 6.41. The van der Waals surface area contributed by atoms with Gasteiger partial charge < -0.3 is 15.8 Å². The van der Waals surface area contributed by atoms with Crippen LogP contribution in [0.2, 0.25) is 0 Å². The summed E-state index contributed by atoms with van der Waals surface area (Å²) >= 11 is 0. The first-order valence-electron chi connectivity index (χ1n) is 7.89. The molecule has 5 heteroatoms. The molecule has 3 atom stereocenters. The molecule has 1 saturated heterocycles. The maximum atomic E-state index is 12.0. The first-order valence-corrected chi connectivity index (χ1v) is 7.89. The molecule has 2 fully saturated rings. The molecule has 1 aliphatic carbocycles. The molecule has 0 aromatic rings. The van der Waals surface area contributed by atoms with Crippen molar-refractivity contribution in [1.82, 2.24) is 10.2 Å². The van der Waals surface area contributed by atoms with Crippen LogP contribution in [-0.2, 0) is 9.53 Å². The summed E-state index contributed by atoms with van der Waals surface area (Å²) in [5.74, 6) is -0.199. The number of morpholine rings is 1. The Kier molecular flexibility index (Phi) is 5.04. The molecule has 0 aromatic heterocycles. The van der Waals surface area contributed by atoms with Crippen LogP contribution >= 0.6 is 0 Å². The lowest BCUT2D eigenvalue weighted by Crippen LogP contribution is -2.57. The molecule has 3 N–H and O–H groups in total. The molecule has 20 heavy (non-hydrogen) atoms. The highest BCUT2D eigenvalue weighted by Crippen LogP contribution is 2.35. The van der Waals surface area contributed by atoms with Crippen molar-refractivity contribution in [2.24, 2.45) is 5.73 Å². The topological polar surface area (TPSA) is 67.6 Å². The van der Waals surface area contributed by atoms with E-state index in [0.717, 1.165) is 45.4 Å². The van der Waals surface area contributed by atoms with Crippen molar-refractivity contribution in [2.75, 3.05) is 19.8 Å². The average molecular weight is 283 g/mol. The largest absolute Gasteiger partial charge is 0.378 e. The monoisotopic (exact) mass is 283 g/mol. The summed E-state index contributed by atoms with van der Waals surface area (Å²) in [4.78, 5) is 14.5. The van der Waals surface area contributed by atoms with Gasteiger partial charge >= 0.3 is 0 Å². The Morgan fingerprint density at radius 3 is 2.90 bits per heavy atom. The number of nitrogens with zero attached hydrogens (tertiary/aromatic N) is 1. The summed E-state index contributed by atoms with van der Waals surface area (Å²) in [6.45, 7) is 8.93. The summed E-state index contributed by atoms with van der Waals surface area (Å²) in [6.07, 6.45) is 3.81. The van der Waals surface area contributed by atoms with Crippen LogP contribution in [0.5, 0.6) is 0 Å². The Hall–Kier alpha value is -0.650. The van der Waals surface area contributed by atoms with Gasteiger partial charge in [-0.3, -0.25) is 9.69 Å². The van der Waals surface area contributed by atoms with Gasteiger partial charge in [-0.15, -0.1) is 0 Å². The van der Waals surface area contributed by atoms with E-state index < -0.39 is 5.54 Å². The SMILES string of the molecule is CCC1COCCN1C1CCC(NC(C)C)(C(N)=O)C1. The number of nitrogens with one attached hydrogen (secondary N) is 1. The average Bonchev–Trinajstić information content (AvgIpc) is 2.83. The Morgan fingerprint density at radius 1 is 1.55 bits per heavy atom. The number of hydrogen-bond donors (Lipinski definition) is 2. The first kappa shape index (κ1) is 15.7. The van der Waals surface area contributed by atoms with Crippen LogP contribution < -0.4 is 11.1 Å². The van der Waals surface area contributed by atoms with E-state index >= 15 is 0 Å². The predicted molar refractivity (Wildman–Crippen MR) is 79.4 cm³/mol. The summed E-state index contributed by atoms with van der Waals surface area (Å²) in [5, 5.41) is 3.42. The highest BCUT2D eigenvalue weighted by atomic mass is 16.5. The van der Waals surface area contributed by atoms with Crippen molar-refractivity contribution in [1.29, 1.82) is 0 Å². The van der Waals surface area contributed by atoms with Gasteiger partial charge in [0.05, 0.1) is 18.8 Å². The molecule has 1 heterocycles. The van der Waals surface area contributed by atoms with Crippen LogP contribution in [-0.4, -0.2) is 54.2 Å². The van der Waals surface area contributed by atoms with Crippen LogP contribution in [0.25, 0.3) is 0 Å². The van der Waals surface area contributed by atoms with Crippen LogP contribution in [0, 0.1) is 0 Å². The second-order valence-corrected chi connectivity index (χ2v) is 6.52. The zero-order chi connectivity index (χ0) is 14.8. The predicted octanol–water partition coefficient (Wildman–Crippen LogP) is 0.872. The minimum Gasteiger partial charge on any atom is -0.378 e. The second-order valence-electron chi connectivity index (χ2n) is 6.52. The van der Waals surface area contributed by atoms with E-state index in [4.69, 9.17) is 10.5 Å². The Morgan fingerprint density at radius 2 is 2.30 bits per heavy atom. The van der Waals surface area contributed by atoms with Crippen molar-refractivity contribution >= 4 is 5.91 Å². The van der Waals surface area contributed by atoms with Gasteiger partial charge in [-0.1, -0.05) is 6.92 Å². The molecule has 0 bridgehead atoms. The van der Waals surface area contributed by atoms with E-state index in [9.17, 15) is 4.79 Å². The minimum atomic E-state index is -0.518. The van der Waals surface area contributed by atoms with Crippen molar-refractivity contribution in [3.63, 3.8) is 0 Å². The van der Waals surface area contributed by atoms with Gasteiger partial charge in [-0.05, 0) is 39.5 Å². The van der Waals surface area contributed by atoms with Crippen molar-refractivity contribution in [3.05, 3.63) is 0 Å². The quantitative estimate of drug-likeness (QED) is 0.786. The molecule has 1 saturated carbocycles. The highest BCUT2D eigenvalue weighted by molar-refractivity contribution is 5.85. The number of primary amides is 1. The number of amides is 1. The minimum absolute atomic E-state index is 0.199. The molecule has 3 unspecified atom stereocenters. The number of nitrogens with two attached hydrogens (primary N) is 1. The molecule has 1 amide bonds.